The second kappa shape index (κ2) is 5.52. The highest BCUT2D eigenvalue weighted by molar-refractivity contribution is 6.09. The highest BCUT2D eigenvalue weighted by atomic mass is 16.5. The number of hydrogen-bond acceptors (Lipinski definition) is 3. The maximum Gasteiger partial charge on any atom is 0.344 e. The Morgan fingerprint density at radius 2 is 1.86 bits per heavy atom. The number of carboxylic acid groups (broad SMARTS) is 1. The molecule has 0 aromatic heterocycles. The van der Waals surface area contributed by atoms with E-state index in [9.17, 15) is 9.59 Å². The van der Waals surface area contributed by atoms with Gasteiger partial charge in [0.15, 0.2) is 6.10 Å². The van der Waals surface area contributed by atoms with E-state index in [1.165, 1.54) is 6.92 Å². The van der Waals surface area contributed by atoms with Crippen molar-refractivity contribution in [2.45, 2.75) is 19.6 Å². The van der Waals surface area contributed by atoms with Crippen LogP contribution in [0, 0.1) is 0 Å². The van der Waals surface area contributed by atoms with Crippen LogP contribution in [0.15, 0.2) is 48.5 Å². The number of carbonyl (C=O) groups is 2. The van der Waals surface area contributed by atoms with Crippen molar-refractivity contribution in [1.82, 2.24) is 0 Å². The average molecular weight is 297 g/mol. The van der Waals surface area contributed by atoms with E-state index in [4.69, 9.17) is 9.84 Å². The summed E-state index contributed by atoms with van der Waals surface area (Å²) in [6, 6.07) is 14.4. The molecule has 3 rings (SSSR count). The molecule has 112 valence electrons. The summed E-state index contributed by atoms with van der Waals surface area (Å²) in [5.74, 6) is -0.583. The van der Waals surface area contributed by atoms with Crippen molar-refractivity contribution >= 4 is 17.6 Å². The third kappa shape index (κ3) is 2.53. The van der Waals surface area contributed by atoms with Gasteiger partial charge in [-0.3, -0.25) is 4.79 Å². The van der Waals surface area contributed by atoms with Gasteiger partial charge in [0.25, 0.3) is 5.91 Å². The largest absolute Gasteiger partial charge is 0.479 e. The lowest BCUT2D eigenvalue weighted by Gasteiger charge is -2.17. The molecule has 5 nitrogen and oxygen atoms in total. The Morgan fingerprint density at radius 1 is 1.18 bits per heavy atom. The molecule has 0 aliphatic carbocycles. The standard InChI is InChI=1S/C17H15NO4/c1-11(17(20)21)22-14-8-6-13(7-9-14)18-10-12-4-2-3-5-15(12)16(18)19/h2-9,11H,10H2,1H3,(H,20,21). The van der Waals surface area contributed by atoms with E-state index in [0.29, 0.717) is 12.3 Å². The van der Waals surface area contributed by atoms with Gasteiger partial charge in [-0.2, -0.15) is 0 Å². The summed E-state index contributed by atoms with van der Waals surface area (Å²) in [5, 5.41) is 8.83. The topological polar surface area (TPSA) is 66.8 Å². The number of fused-ring (bicyclic) bond motifs is 1. The maximum absolute atomic E-state index is 12.4. The molecular formula is C17H15NO4. The fourth-order valence-electron chi connectivity index (χ4n) is 2.42. The molecule has 1 unspecified atom stereocenters. The molecule has 1 amide bonds. The van der Waals surface area contributed by atoms with Crippen LogP contribution in [0.5, 0.6) is 5.75 Å². The third-order valence-electron chi connectivity index (χ3n) is 3.63. The van der Waals surface area contributed by atoms with Gasteiger partial charge < -0.3 is 14.7 Å². The number of hydrogen-bond donors (Lipinski definition) is 1. The molecule has 5 heteroatoms. The summed E-state index contributed by atoms with van der Waals surface area (Å²) in [4.78, 5) is 24.8. The Balaban J connectivity index is 1.77. The Morgan fingerprint density at radius 3 is 2.50 bits per heavy atom. The Labute approximate surface area is 127 Å². The normalized spacial score (nSPS) is 14.6. The molecule has 0 spiro atoms. The van der Waals surface area contributed by atoms with Gasteiger partial charge in [0, 0.05) is 11.3 Å². The van der Waals surface area contributed by atoms with Gasteiger partial charge in [0.05, 0.1) is 6.54 Å². The van der Waals surface area contributed by atoms with Crippen LogP contribution in [0.1, 0.15) is 22.8 Å². The van der Waals surface area contributed by atoms with Crippen LogP contribution < -0.4 is 9.64 Å². The quantitative estimate of drug-likeness (QED) is 0.942. The van der Waals surface area contributed by atoms with Crippen molar-refractivity contribution in [3.63, 3.8) is 0 Å². The Bertz CT molecular complexity index is 724. The van der Waals surface area contributed by atoms with Gasteiger partial charge in [-0.25, -0.2) is 4.79 Å². The van der Waals surface area contributed by atoms with Crippen molar-refractivity contribution in [2.75, 3.05) is 4.90 Å². The number of nitrogens with zero attached hydrogens (tertiary/aromatic N) is 1. The first kappa shape index (κ1) is 14.1. The number of aliphatic carboxylic acids is 1. The fourth-order valence-corrected chi connectivity index (χ4v) is 2.42. The van der Waals surface area contributed by atoms with Gasteiger partial charge in [-0.05, 0) is 42.8 Å². The number of anilines is 1. The van der Waals surface area contributed by atoms with Crippen LogP contribution in [0.25, 0.3) is 0 Å². The van der Waals surface area contributed by atoms with Crippen LogP contribution in [0.2, 0.25) is 0 Å². The molecule has 0 radical (unpaired) electrons. The summed E-state index contributed by atoms with van der Waals surface area (Å²) in [6.45, 7) is 2.01. The van der Waals surface area contributed by atoms with E-state index in [2.05, 4.69) is 0 Å². The summed E-state index contributed by atoms with van der Waals surface area (Å²) in [7, 11) is 0. The molecule has 0 saturated carbocycles. The number of carboxylic acids is 1. The fraction of sp³-hybridized carbons (Fsp3) is 0.176. The molecule has 1 aliphatic heterocycles. The second-order valence-corrected chi connectivity index (χ2v) is 5.14. The predicted molar refractivity (Wildman–Crippen MR) is 81.1 cm³/mol. The van der Waals surface area contributed by atoms with E-state index in [1.807, 2.05) is 24.3 Å². The second-order valence-electron chi connectivity index (χ2n) is 5.14. The van der Waals surface area contributed by atoms with Gasteiger partial charge in [-0.15, -0.1) is 0 Å². The monoisotopic (exact) mass is 297 g/mol. The summed E-state index contributed by atoms with van der Waals surface area (Å²) in [6.07, 6.45) is -0.913. The minimum atomic E-state index is -1.02. The lowest BCUT2D eigenvalue weighted by molar-refractivity contribution is -0.144. The van der Waals surface area contributed by atoms with Gasteiger partial charge in [0.2, 0.25) is 0 Å². The zero-order valence-corrected chi connectivity index (χ0v) is 12.0. The molecule has 2 aromatic carbocycles. The van der Waals surface area contributed by atoms with Gasteiger partial charge in [0.1, 0.15) is 5.75 Å². The summed E-state index contributed by atoms with van der Waals surface area (Å²) < 4.78 is 5.28. The summed E-state index contributed by atoms with van der Waals surface area (Å²) in [5.41, 5.74) is 2.49. The number of carbonyl (C=O) groups excluding carboxylic acids is 1. The van der Waals surface area contributed by atoms with Gasteiger partial charge >= 0.3 is 5.97 Å². The smallest absolute Gasteiger partial charge is 0.344 e. The highest BCUT2D eigenvalue weighted by Crippen LogP contribution is 2.29. The van der Waals surface area contributed by atoms with Gasteiger partial charge in [-0.1, -0.05) is 18.2 Å². The first-order chi connectivity index (χ1) is 10.6. The molecule has 0 saturated heterocycles. The van der Waals surface area contributed by atoms with Crippen LogP contribution in [0.4, 0.5) is 5.69 Å². The number of amides is 1. The van der Waals surface area contributed by atoms with Crippen molar-refractivity contribution < 1.29 is 19.4 Å². The molecular weight excluding hydrogens is 282 g/mol. The molecule has 1 aliphatic rings. The van der Waals surface area contributed by atoms with Crippen LogP contribution >= 0.6 is 0 Å². The lowest BCUT2D eigenvalue weighted by Crippen LogP contribution is -2.24. The predicted octanol–water partition coefficient (Wildman–Crippen LogP) is 2.70. The minimum absolute atomic E-state index is 0.0248. The first-order valence-corrected chi connectivity index (χ1v) is 6.95. The van der Waals surface area contributed by atoms with Crippen molar-refractivity contribution in [2.24, 2.45) is 0 Å². The maximum atomic E-state index is 12.4. The van der Waals surface area contributed by atoms with Crippen LogP contribution in [0.3, 0.4) is 0 Å². The zero-order chi connectivity index (χ0) is 15.7. The van der Waals surface area contributed by atoms with E-state index in [1.54, 1.807) is 29.2 Å². The Hall–Kier alpha value is -2.82. The van der Waals surface area contributed by atoms with Crippen LogP contribution in [-0.2, 0) is 11.3 Å². The SMILES string of the molecule is CC(Oc1ccc(N2Cc3ccccc3C2=O)cc1)C(=O)O. The molecule has 22 heavy (non-hydrogen) atoms. The number of rotatable bonds is 4. The third-order valence-corrected chi connectivity index (χ3v) is 3.63. The number of benzene rings is 2. The molecule has 1 heterocycles. The highest BCUT2D eigenvalue weighted by Gasteiger charge is 2.27. The average Bonchev–Trinajstić information content (AvgIpc) is 2.85. The molecule has 1 atom stereocenters. The molecule has 0 fully saturated rings. The van der Waals surface area contributed by atoms with E-state index >= 15 is 0 Å². The molecule has 1 N–H and O–H groups in total. The Kier molecular flexibility index (Phi) is 3.55. The summed E-state index contributed by atoms with van der Waals surface area (Å²) >= 11 is 0. The molecule has 2 aromatic rings. The molecule has 0 bridgehead atoms. The van der Waals surface area contributed by atoms with E-state index in [0.717, 1.165) is 16.8 Å². The van der Waals surface area contributed by atoms with Crippen molar-refractivity contribution in [3.8, 4) is 5.75 Å². The van der Waals surface area contributed by atoms with Crippen LogP contribution in [-0.4, -0.2) is 23.1 Å². The van der Waals surface area contributed by atoms with E-state index in [-0.39, 0.29) is 5.91 Å². The number of ether oxygens (including phenoxy) is 1. The van der Waals surface area contributed by atoms with Crippen molar-refractivity contribution in [1.29, 1.82) is 0 Å². The minimum Gasteiger partial charge on any atom is -0.479 e. The van der Waals surface area contributed by atoms with E-state index < -0.39 is 12.1 Å². The van der Waals surface area contributed by atoms with Crippen molar-refractivity contribution in [3.05, 3.63) is 59.7 Å². The first-order valence-electron chi connectivity index (χ1n) is 6.95. The lowest BCUT2D eigenvalue weighted by atomic mass is 10.1. The zero-order valence-electron chi connectivity index (χ0n) is 12.0.